The summed E-state index contributed by atoms with van der Waals surface area (Å²) >= 11 is 0. The van der Waals surface area contributed by atoms with Crippen molar-refractivity contribution in [1.82, 2.24) is 19.6 Å². The van der Waals surface area contributed by atoms with Crippen molar-refractivity contribution >= 4 is 22.2 Å². The molecular weight excluding hydrogens is 326 g/mol. The predicted molar refractivity (Wildman–Crippen MR) is 103 cm³/mol. The molecule has 1 aromatic carbocycles. The molecule has 3 heterocycles. The molecular formula is C20H21N5O. The van der Waals surface area contributed by atoms with Crippen LogP contribution in [0.1, 0.15) is 24.1 Å². The van der Waals surface area contributed by atoms with Gasteiger partial charge in [-0.15, -0.1) is 0 Å². The number of benzene rings is 1. The number of unbranched alkanes of at least 4 members (excludes halogenated alkanes) is 1. The second-order valence-electron chi connectivity index (χ2n) is 6.45. The average Bonchev–Trinajstić information content (AvgIpc) is 2.95. The van der Waals surface area contributed by atoms with Crippen molar-refractivity contribution in [3.8, 4) is 11.1 Å². The number of aromatic nitrogens is 4. The van der Waals surface area contributed by atoms with Crippen LogP contribution in [0.2, 0.25) is 0 Å². The van der Waals surface area contributed by atoms with Gasteiger partial charge in [0.1, 0.15) is 11.8 Å². The minimum atomic E-state index is 0.195. The number of nitrogen functional groups attached to an aromatic ring is 1. The first-order valence-electron chi connectivity index (χ1n) is 8.77. The zero-order valence-electron chi connectivity index (χ0n) is 14.7. The van der Waals surface area contributed by atoms with Crippen molar-refractivity contribution in [2.75, 3.05) is 12.3 Å². The molecule has 0 saturated heterocycles. The topological polar surface area (TPSA) is 89.3 Å². The number of hydrogen-bond acceptors (Lipinski definition) is 5. The van der Waals surface area contributed by atoms with Gasteiger partial charge in [0.15, 0.2) is 5.82 Å². The Morgan fingerprint density at radius 1 is 1.15 bits per heavy atom. The van der Waals surface area contributed by atoms with E-state index in [0.717, 1.165) is 58.1 Å². The Labute approximate surface area is 151 Å². The fraction of sp³-hybridized carbons (Fsp3) is 0.250. The van der Waals surface area contributed by atoms with Crippen LogP contribution in [0, 0.1) is 6.92 Å². The molecule has 0 saturated carbocycles. The lowest BCUT2D eigenvalue weighted by atomic mass is 10.0. The zero-order valence-corrected chi connectivity index (χ0v) is 14.7. The highest BCUT2D eigenvalue weighted by atomic mass is 16.2. The van der Waals surface area contributed by atoms with Gasteiger partial charge < -0.3 is 10.8 Å². The van der Waals surface area contributed by atoms with Crippen LogP contribution in [0.25, 0.3) is 27.5 Å². The van der Waals surface area contributed by atoms with Crippen LogP contribution >= 0.6 is 0 Å². The number of fused-ring (bicyclic) bond motifs is 2. The van der Waals surface area contributed by atoms with Gasteiger partial charge >= 0.3 is 0 Å². The summed E-state index contributed by atoms with van der Waals surface area (Å²) in [6.07, 6.45) is 5.85. The first kappa shape index (κ1) is 16.5. The van der Waals surface area contributed by atoms with Gasteiger partial charge in [-0.25, -0.2) is 9.50 Å². The van der Waals surface area contributed by atoms with Crippen molar-refractivity contribution in [2.24, 2.45) is 0 Å². The number of nitrogens with zero attached hydrogens (tertiary/aromatic N) is 4. The van der Waals surface area contributed by atoms with E-state index in [4.69, 9.17) is 10.8 Å². The molecule has 0 unspecified atom stereocenters. The van der Waals surface area contributed by atoms with Crippen molar-refractivity contribution in [3.63, 3.8) is 0 Å². The zero-order chi connectivity index (χ0) is 18.1. The van der Waals surface area contributed by atoms with E-state index < -0.39 is 0 Å². The Morgan fingerprint density at radius 3 is 2.85 bits per heavy atom. The molecule has 132 valence electrons. The van der Waals surface area contributed by atoms with Crippen LogP contribution in [-0.4, -0.2) is 31.3 Å². The molecule has 26 heavy (non-hydrogen) atoms. The first-order chi connectivity index (χ1) is 12.7. The van der Waals surface area contributed by atoms with Gasteiger partial charge in [-0.3, -0.25) is 4.98 Å². The van der Waals surface area contributed by atoms with Crippen molar-refractivity contribution in [1.29, 1.82) is 0 Å². The Balaban J connectivity index is 1.94. The molecule has 4 rings (SSSR count). The molecule has 0 aliphatic rings. The van der Waals surface area contributed by atoms with Crippen molar-refractivity contribution in [3.05, 3.63) is 54.1 Å². The Bertz CT molecular complexity index is 1090. The van der Waals surface area contributed by atoms with Gasteiger partial charge in [0.05, 0.1) is 5.52 Å². The second-order valence-corrected chi connectivity index (χ2v) is 6.45. The summed E-state index contributed by atoms with van der Waals surface area (Å²) in [5.41, 5.74) is 12.3. The number of rotatable bonds is 5. The van der Waals surface area contributed by atoms with E-state index in [1.165, 1.54) is 6.33 Å². The summed E-state index contributed by atoms with van der Waals surface area (Å²) in [5, 5.41) is 14.6. The molecule has 0 fully saturated rings. The monoisotopic (exact) mass is 347 g/mol. The number of anilines is 1. The summed E-state index contributed by atoms with van der Waals surface area (Å²) in [7, 11) is 0. The van der Waals surface area contributed by atoms with Gasteiger partial charge in [0.25, 0.3) is 0 Å². The second kappa shape index (κ2) is 6.72. The van der Waals surface area contributed by atoms with E-state index in [9.17, 15) is 0 Å². The van der Waals surface area contributed by atoms with Gasteiger partial charge in [-0.05, 0) is 43.9 Å². The number of para-hydroxylation sites is 1. The third-order valence-corrected chi connectivity index (χ3v) is 4.82. The Hall–Kier alpha value is -2.99. The molecule has 0 aliphatic carbocycles. The van der Waals surface area contributed by atoms with E-state index in [1.807, 2.05) is 28.9 Å². The maximum Gasteiger partial charge on any atom is 0.151 e. The highest BCUT2D eigenvalue weighted by Crippen LogP contribution is 2.35. The van der Waals surface area contributed by atoms with Crippen LogP contribution in [-0.2, 0) is 6.42 Å². The average molecular weight is 347 g/mol. The van der Waals surface area contributed by atoms with Gasteiger partial charge in [-0.1, -0.05) is 18.2 Å². The fourth-order valence-electron chi connectivity index (χ4n) is 3.55. The maximum absolute atomic E-state index is 9.09. The molecule has 0 aliphatic heterocycles. The predicted octanol–water partition coefficient (Wildman–Crippen LogP) is 3.15. The molecule has 6 heteroatoms. The van der Waals surface area contributed by atoms with Crippen molar-refractivity contribution in [2.45, 2.75) is 26.2 Å². The molecule has 0 radical (unpaired) electrons. The minimum Gasteiger partial charge on any atom is -0.396 e. The molecule has 0 spiro atoms. The maximum atomic E-state index is 9.09. The third-order valence-electron chi connectivity index (χ3n) is 4.82. The Kier molecular flexibility index (Phi) is 4.26. The standard InChI is InChI=1S/C20H21N5O/c1-13-17(8-4-5-9-26)25-19(20(21)23-12-24-25)18(13)15-10-14-6-2-3-7-16(14)22-11-15/h2-3,6-7,10-12,26H,4-5,8-9H2,1H3,(H2,21,23,24). The molecule has 0 amide bonds. The quantitative estimate of drug-likeness (QED) is 0.541. The molecule has 3 aromatic heterocycles. The van der Waals surface area contributed by atoms with Crippen LogP contribution in [0.15, 0.2) is 42.9 Å². The van der Waals surface area contributed by atoms with Crippen LogP contribution in [0.5, 0.6) is 0 Å². The van der Waals surface area contributed by atoms with Crippen LogP contribution in [0.3, 0.4) is 0 Å². The molecule has 4 aromatic rings. The number of aliphatic hydroxyl groups is 1. The van der Waals surface area contributed by atoms with Crippen LogP contribution < -0.4 is 5.73 Å². The number of nitrogens with two attached hydrogens (primary N) is 1. The fourth-order valence-corrected chi connectivity index (χ4v) is 3.55. The largest absolute Gasteiger partial charge is 0.396 e. The minimum absolute atomic E-state index is 0.195. The lowest BCUT2D eigenvalue weighted by Gasteiger charge is -2.05. The number of hydrogen-bond donors (Lipinski definition) is 2. The Morgan fingerprint density at radius 2 is 2.00 bits per heavy atom. The summed E-state index contributed by atoms with van der Waals surface area (Å²) < 4.78 is 1.89. The van der Waals surface area contributed by atoms with E-state index in [2.05, 4.69) is 34.1 Å². The normalized spacial score (nSPS) is 11.5. The van der Waals surface area contributed by atoms with Gasteiger partial charge in [0, 0.05) is 35.0 Å². The third kappa shape index (κ3) is 2.68. The number of pyridine rings is 1. The number of aliphatic hydroxyl groups excluding tert-OH is 1. The SMILES string of the molecule is Cc1c(-c2cnc3ccccc3c2)c2c(N)ncnn2c1CCCCO. The summed E-state index contributed by atoms with van der Waals surface area (Å²) in [4.78, 5) is 8.79. The highest BCUT2D eigenvalue weighted by molar-refractivity contribution is 5.93. The van der Waals surface area contributed by atoms with Crippen molar-refractivity contribution < 1.29 is 5.11 Å². The molecule has 3 N–H and O–H groups in total. The molecule has 0 bridgehead atoms. The summed E-state index contributed by atoms with van der Waals surface area (Å²) in [6.45, 7) is 2.29. The smallest absolute Gasteiger partial charge is 0.151 e. The van der Waals surface area contributed by atoms with Crippen LogP contribution in [0.4, 0.5) is 5.82 Å². The van der Waals surface area contributed by atoms with E-state index in [-0.39, 0.29) is 6.61 Å². The lowest BCUT2D eigenvalue weighted by molar-refractivity contribution is 0.284. The molecule has 0 atom stereocenters. The van der Waals surface area contributed by atoms with E-state index in [1.54, 1.807) is 0 Å². The van der Waals surface area contributed by atoms with E-state index in [0.29, 0.717) is 5.82 Å². The van der Waals surface area contributed by atoms with Gasteiger partial charge in [-0.2, -0.15) is 5.10 Å². The first-order valence-corrected chi connectivity index (χ1v) is 8.77. The van der Waals surface area contributed by atoms with E-state index >= 15 is 0 Å². The summed E-state index contributed by atoms with van der Waals surface area (Å²) in [6, 6.07) is 10.2. The van der Waals surface area contributed by atoms with Gasteiger partial charge in [0.2, 0.25) is 0 Å². The summed E-state index contributed by atoms with van der Waals surface area (Å²) in [5.74, 6) is 0.458. The molecule has 6 nitrogen and oxygen atoms in total. The number of aryl methyl sites for hydroxylation is 1. The lowest BCUT2D eigenvalue weighted by Crippen LogP contribution is -2.03. The highest BCUT2D eigenvalue weighted by Gasteiger charge is 2.20.